The van der Waals surface area contributed by atoms with Crippen LogP contribution in [-0.2, 0) is 17.4 Å². The van der Waals surface area contributed by atoms with Crippen molar-refractivity contribution in [2.24, 2.45) is 0 Å². The molecule has 2 rings (SSSR count). The standard InChI is InChI=1S/C18H20F3N3O/c1-24(13-9-14-6-10-22-11-7-14)17(25)8-12-23-16-5-3-2-4-15(16)18(19,20)21/h2-7,10-11,23H,8-9,12-13H2,1H3. The number of nitrogens with one attached hydrogen (secondary N) is 1. The summed E-state index contributed by atoms with van der Waals surface area (Å²) in [6, 6.07) is 9.01. The lowest BCUT2D eigenvalue weighted by atomic mass is 10.1. The maximum Gasteiger partial charge on any atom is 0.418 e. The van der Waals surface area contributed by atoms with E-state index in [0.29, 0.717) is 13.0 Å². The van der Waals surface area contributed by atoms with Gasteiger partial charge >= 0.3 is 6.18 Å². The average Bonchev–Trinajstić information content (AvgIpc) is 2.60. The van der Waals surface area contributed by atoms with Crippen LogP contribution in [0.1, 0.15) is 17.5 Å². The van der Waals surface area contributed by atoms with E-state index in [4.69, 9.17) is 0 Å². The van der Waals surface area contributed by atoms with Gasteiger partial charge in [0.15, 0.2) is 0 Å². The first-order chi connectivity index (χ1) is 11.9. The lowest BCUT2D eigenvalue weighted by Crippen LogP contribution is -2.30. The summed E-state index contributed by atoms with van der Waals surface area (Å²) in [5.41, 5.74) is 0.336. The van der Waals surface area contributed by atoms with Gasteiger partial charge in [-0.05, 0) is 36.2 Å². The van der Waals surface area contributed by atoms with Gasteiger partial charge in [0, 0.05) is 44.6 Å². The molecule has 0 spiro atoms. The molecule has 0 unspecified atom stereocenters. The van der Waals surface area contributed by atoms with Crippen molar-refractivity contribution < 1.29 is 18.0 Å². The fraction of sp³-hybridized carbons (Fsp3) is 0.333. The van der Waals surface area contributed by atoms with Crippen LogP contribution in [0.4, 0.5) is 18.9 Å². The highest BCUT2D eigenvalue weighted by Gasteiger charge is 2.33. The quantitative estimate of drug-likeness (QED) is 0.829. The Hall–Kier alpha value is -2.57. The minimum atomic E-state index is -4.42. The van der Waals surface area contributed by atoms with Gasteiger partial charge in [0.25, 0.3) is 0 Å². The van der Waals surface area contributed by atoms with Crippen LogP contribution in [0, 0.1) is 0 Å². The molecular formula is C18H20F3N3O. The van der Waals surface area contributed by atoms with E-state index in [-0.39, 0.29) is 24.6 Å². The molecule has 0 radical (unpaired) electrons. The van der Waals surface area contributed by atoms with Gasteiger partial charge < -0.3 is 10.2 Å². The summed E-state index contributed by atoms with van der Waals surface area (Å²) >= 11 is 0. The average molecular weight is 351 g/mol. The molecule has 0 aliphatic heterocycles. The van der Waals surface area contributed by atoms with Crippen molar-refractivity contribution >= 4 is 11.6 Å². The first-order valence-electron chi connectivity index (χ1n) is 7.91. The predicted octanol–water partition coefficient (Wildman–Crippen LogP) is 3.60. The Morgan fingerprint density at radius 3 is 2.52 bits per heavy atom. The molecular weight excluding hydrogens is 331 g/mol. The highest BCUT2D eigenvalue weighted by atomic mass is 19.4. The number of benzene rings is 1. The Morgan fingerprint density at radius 2 is 1.84 bits per heavy atom. The molecule has 7 heteroatoms. The van der Waals surface area contributed by atoms with Gasteiger partial charge in [0.2, 0.25) is 5.91 Å². The van der Waals surface area contributed by atoms with Crippen molar-refractivity contribution in [3.8, 4) is 0 Å². The molecule has 2 aromatic rings. The molecule has 0 aliphatic rings. The molecule has 1 heterocycles. The van der Waals surface area contributed by atoms with Crippen LogP contribution in [0.15, 0.2) is 48.8 Å². The predicted molar refractivity (Wildman–Crippen MR) is 90.1 cm³/mol. The lowest BCUT2D eigenvalue weighted by Gasteiger charge is -2.18. The molecule has 0 saturated carbocycles. The van der Waals surface area contributed by atoms with E-state index in [0.717, 1.165) is 11.6 Å². The van der Waals surface area contributed by atoms with Gasteiger partial charge in [-0.25, -0.2) is 0 Å². The van der Waals surface area contributed by atoms with Crippen molar-refractivity contribution in [1.29, 1.82) is 0 Å². The van der Waals surface area contributed by atoms with Crippen molar-refractivity contribution in [3.05, 3.63) is 59.9 Å². The van der Waals surface area contributed by atoms with Crippen molar-refractivity contribution in [1.82, 2.24) is 9.88 Å². The molecule has 1 amide bonds. The summed E-state index contributed by atoms with van der Waals surface area (Å²) in [6.45, 7) is 0.688. The zero-order chi connectivity index (χ0) is 18.3. The zero-order valence-corrected chi connectivity index (χ0v) is 13.9. The number of hydrogen-bond donors (Lipinski definition) is 1. The molecule has 1 aromatic carbocycles. The van der Waals surface area contributed by atoms with Gasteiger partial charge in [-0.2, -0.15) is 13.2 Å². The van der Waals surface area contributed by atoms with E-state index in [2.05, 4.69) is 10.3 Å². The van der Waals surface area contributed by atoms with E-state index >= 15 is 0 Å². The van der Waals surface area contributed by atoms with Crippen molar-refractivity contribution in [3.63, 3.8) is 0 Å². The number of aromatic nitrogens is 1. The Kier molecular flexibility index (Phi) is 6.38. The second kappa shape index (κ2) is 8.50. The third-order valence-corrected chi connectivity index (χ3v) is 3.80. The number of halogens is 3. The molecule has 134 valence electrons. The fourth-order valence-corrected chi connectivity index (χ4v) is 2.35. The normalized spacial score (nSPS) is 11.2. The maximum absolute atomic E-state index is 12.9. The summed E-state index contributed by atoms with van der Waals surface area (Å²) in [4.78, 5) is 17.6. The first-order valence-corrected chi connectivity index (χ1v) is 7.91. The SMILES string of the molecule is CN(CCc1ccncc1)C(=O)CCNc1ccccc1C(F)(F)F. The van der Waals surface area contributed by atoms with E-state index < -0.39 is 11.7 Å². The summed E-state index contributed by atoms with van der Waals surface area (Å²) in [5, 5.41) is 2.70. The maximum atomic E-state index is 12.9. The van der Waals surface area contributed by atoms with Gasteiger partial charge in [-0.1, -0.05) is 12.1 Å². The number of nitrogens with zero attached hydrogens (tertiary/aromatic N) is 2. The third-order valence-electron chi connectivity index (χ3n) is 3.80. The highest BCUT2D eigenvalue weighted by molar-refractivity contribution is 5.76. The minimum absolute atomic E-state index is 0.0118. The van der Waals surface area contributed by atoms with Gasteiger partial charge in [0.1, 0.15) is 0 Å². The van der Waals surface area contributed by atoms with E-state index in [1.165, 1.54) is 18.2 Å². The van der Waals surface area contributed by atoms with Gasteiger partial charge in [0.05, 0.1) is 5.56 Å². The Balaban J connectivity index is 1.80. The van der Waals surface area contributed by atoms with Crippen LogP contribution in [0.3, 0.4) is 0 Å². The van der Waals surface area contributed by atoms with Crippen LogP contribution < -0.4 is 5.32 Å². The number of carbonyl (C=O) groups is 1. The molecule has 0 aliphatic carbocycles. The van der Waals surface area contributed by atoms with Gasteiger partial charge in [-0.15, -0.1) is 0 Å². The molecule has 25 heavy (non-hydrogen) atoms. The molecule has 0 bridgehead atoms. The van der Waals surface area contributed by atoms with Crippen LogP contribution in [0.5, 0.6) is 0 Å². The highest BCUT2D eigenvalue weighted by Crippen LogP contribution is 2.34. The molecule has 1 N–H and O–H groups in total. The number of pyridine rings is 1. The van der Waals surface area contributed by atoms with Gasteiger partial charge in [-0.3, -0.25) is 9.78 Å². The summed E-state index contributed by atoms with van der Waals surface area (Å²) < 4.78 is 38.7. The second-order valence-electron chi connectivity index (χ2n) is 5.64. The molecule has 0 fully saturated rings. The van der Waals surface area contributed by atoms with E-state index in [1.54, 1.807) is 24.3 Å². The zero-order valence-electron chi connectivity index (χ0n) is 13.9. The number of para-hydroxylation sites is 1. The van der Waals surface area contributed by atoms with Crippen LogP contribution in [0.2, 0.25) is 0 Å². The first kappa shape index (κ1) is 18.8. The summed E-state index contributed by atoms with van der Waals surface area (Å²) in [7, 11) is 1.69. The van der Waals surface area contributed by atoms with Crippen molar-refractivity contribution in [2.45, 2.75) is 19.0 Å². The van der Waals surface area contributed by atoms with Crippen molar-refractivity contribution in [2.75, 3.05) is 25.5 Å². The van der Waals surface area contributed by atoms with E-state index in [9.17, 15) is 18.0 Å². The minimum Gasteiger partial charge on any atom is -0.384 e. The summed E-state index contributed by atoms with van der Waals surface area (Å²) in [6.07, 6.45) is -0.207. The number of amides is 1. The number of alkyl halides is 3. The van der Waals surface area contributed by atoms with Crippen LogP contribution in [0.25, 0.3) is 0 Å². The Morgan fingerprint density at radius 1 is 1.16 bits per heavy atom. The van der Waals surface area contributed by atoms with E-state index in [1.807, 2.05) is 12.1 Å². The second-order valence-corrected chi connectivity index (χ2v) is 5.64. The lowest BCUT2D eigenvalue weighted by molar-refractivity contribution is -0.137. The van der Waals surface area contributed by atoms with Crippen LogP contribution in [-0.4, -0.2) is 35.9 Å². The third kappa shape index (κ3) is 5.77. The number of rotatable bonds is 7. The largest absolute Gasteiger partial charge is 0.418 e. The number of anilines is 1. The number of likely N-dealkylation sites (N-methyl/N-ethyl adjacent to an activating group) is 1. The molecule has 0 atom stereocenters. The summed E-state index contributed by atoms with van der Waals surface area (Å²) in [5.74, 6) is -0.119. The molecule has 0 saturated heterocycles. The fourth-order valence-electron chi connectivity index (χ4n) is 2.35. The number of carbonyl (C=O) groups excluding carboxylic acids is 1. The topological polar surface area (TPSA) is 45.2 Å². The van der Waals surface area contributed by atoms with Crippen LogP contribution >= 0.6 is 0 Å². The Labute approximate surface area is 144 Å². The molecule has 4 nitrogen and oxygen atoms in total. The monoisotopic (exact) mass is 351 g/mol. The molecule has 1 aromatic heterocycles. The number of hydrogen-bond acceptors (Lipinski definition) is 3. The Bertz CT molecular complexity index is 689. The smallest absolute Gasteiger partial charge is 0.384 e.